The molecule has 0 bridgehead atoms. The molecule has 1 aliphatic heterocycles. The van der Waals surface area contributed by atoms with Crippen LogP contribution in [0.3, 0.4) is 0 Å². The van der Waals surface area contributed by atoms with E-state index in [1.54, 1.807) is 24.3 Å². The number of aromatic hydroxyl groups is 1. The number of benzene rings is 3. The van der Waals surface area contributed by atoms with Crippen molar-refractivity contribution in [1.82, 2.24) is 9.88 Å². The van der Waals surface area contributed by atoms with E-state index in [1.165, 1.54) is 11.6 Å². The number of piperidine rings is 1. The largest absolute Gasteiger partial charge is 0.508 e. The quantitative estimate of drug-likeness (QED) is 0.303. The lowest BCUT2D eigenvalue weighted by Gasteiger charge is -2.56. The van der Waals surface area contributed by atoms with E-state index < -0.39 is 11.0 Å². The van der Waals surface area contributed by atoms with E-state index in [4.69, 9.17) is 0 Å². The van der Waals surface area contributed by atoms with E-state index in [0.717, 1.165) is 47.2 Å². The third kappa shape index (κ3) is 3.50. The standard InChI is InChI=1S/C28H27N3O4/c32-22-8-4-7-20(13-22)27-11-12-30(17-19-5-2-1-3-6-19)18-28(27,33)15-24-23-14-21(31(34)35)9-10-25(23)29-26(24)16-27/h1-10,13-14,29,32-33H,11-12,15-18H2/t27-,28-/m0/s1. The molecule has 0 radical (unpaired) electrons. The van der Waals surface area contributed by atoms with Crippen LogP contribution in [0.25, 0.3) is 10.9 Å². The van der Waals surface area contributed by atoms with Crippen molar-refractivity contribution in [3.05, 3.63) is 105 Å². The SMILES string of the molecule is O=[N+]([O-])c1ccc2[nH]c3c(c2c1)C[C@]1(O)CN(Cc2ccccc2)CC[C@@]1(c1cccc(O)c1)C3. The molecule has 1 fully saturated rings. The van der Waals surface area contributed by atoms with Gasteiger partial charge < -0.3 is 15.2 Å². The average molecular weight is 470 g/mol. The molecule has 1 aliphatic carbocycles. The zero-order valence-electron chi connectivity index (χ0n) is 19.3. The van der Waals surface area contributed by atoms with Crippen molar-refractivity contribution in [2.45, 2.75) is 36.8 Å². The molecule has 1 saturated heterocycles. The highest BCUT2D eigenvalue weighted by atomic mass is 16.6. The first-order chi connectivity index (χ1) is 16.9. The normalized spacial score (nSPS) is 24.1. The molecule has 178 valence electrons. The molecule has 7 heteroatoms. The number of aromatic nitrogens is 1. The van der Waals surface area contributed by atoms with Crippen LogP contribution in [0, 0.1) is 10.1 Å². The number of hydrogen-bond donors (Lipinski definition) is 3. The number of aliphatic hydroxyl groups is 1. The number of nitrogens with zero attached hydrogens (tertiary/aromatic N) is 2. The smallest absolute Gasteiger partial charge is 0.270 e. The van der Waals surface area contributed by atoms with Gasteiger partial charge in [0.2, 0.25) is 0 Å². The van der Waals surface area contributed by atoms with Gasteiger partial charge in [0.1, 0.15) is 5.75 Å². The number of likely N-dealkylation sites (tertiary alicyclic amines) is 1. The molecule has 0 spiro atoms. The number of H-pyrrole nitrogens is 1. The fraction of sp³-hybridized carbons (Fsp3) is 0.286. The molecule has 2 heterocycles. The van der Waals surface area contributed by atoms with Crippen molar-refractivity contribution in [1.29, 1.82) is 0 Å². The highest BCUT2D eigenvalue weighted by Gasteiger charge is 2.57. The van der Waals surface area contributed by atoms with Crippen molar-refractivity contribution in [3.8, 4) is 5.75 Å². The fourth-order valence-electron chi connectivity index (χ4n) is 6.31. The molecule has 0 unspecified atom stereocenters. The summed E-state index contributed by atoms with van der Waals surface area (Å²) >= 11 is 0. The lowest BCUT2D eigenvalue weighted by Crippen LogP contribution is -2.66. The molecule has 1 aromatic heterocycles. The van der Waals surface area contributed by atoms with Crippen molar-refractivity contribution >= 4 is 16.6 Å². The molecule has 2 aliphatic rings. The van der Waals surface area contributed by atoms with Crippen LogP contribution in [0.15, 0.2) is 72.8 Å². The highest BCUT2D eigenvalue weighted by Crippen LogP contribution is 2.52. The Morgan fingerprint density at radius 2 is 1.86 bits per heavy atom. The number of rotatable bonds is 4. The van der Waals surface area contributed by atoms with Gasteiger partial charge in [-0.3, -0.25) is 15.0 Å². The number of nitro groups is 1. The van der Waals surface area contributed by atoms with Crippen molar-refractivity contribution in [3.63, 3.8) is 0 Å². The number of fused-ring (bicyclic) bond motifs is 4. The summed E-state index contributed by atoms with van der Waals surface area (Å²) in [6.45, 7) is 2.03. The first kappa shape index (κ1) is 21.8. The maximum atomic E-state index is 12.5. The summed E-state index contributed by atoms with van der Waals surface area (Å²) in [5, 5.41) is 35.0. The predicted octanol–water partition coefficient (Wildman–Crippen LogP) is 4.46. The van der Waals surface area contributed by atoms with E-state index in [1.807, 2.05) is 30.3 Å². The van der Waals surface area contributed by atoms with Gasteiger partial charge in [0, 0.05) is 60.1 Å². The van der Waals surface area contributed by atoms with Crippen LogP contribution >= 0.6 is 0 Å². The monoisotopic (exact) mass is 469 g/mol. The van der Waals surface area contributed by atoms with E-state index in [-0.39, 0.29) is 16.4 Å². The average Bonchev–Trinajstić information content (AvgIpc) is 3.18. The summed E-state index contributed by atoms with van der Waals surface area (Å²) in [5.74, 6) is 0.184. The first-order valence-corrected chi connectivity index (χ1v) is 11.9. The summed E-state index contributed by atoms with van der Waals surface area (Å²) in [7, 11) is 0. The Morgan fingerprint density at radius 1 is 1.03 bits per heavy atom. The third-order valence-corrected chi connectivity index (χ3v) is 8.02. The van der Waals surface area contributed by atoms with Crippen LogP contribution in [0.5, 0.6) is 5.75 Å². The van der Waals surface area contributed by atoms with Crippen LogP contribution in [0.1, 0.15) is 28.8 Å². The molecule has 0 amide bonds. The number of phenols is 1. The zero-order chi connectivity index (χ0) is 24.2. The molecule has 2 atom stereocenters. The second-order valence-corrected chi connectivity index (χ2v) is 10.0. The molecule has 7 nitrogen and oxygen atoms in total. The Bertz CT molecular complexity index is 1430. The second-order valence-electron chi connectivity index (χ2n) is 10.0. The summed E-state index contributed by atoms with van der Waals surface area (Å²) in [6, 6.07) is 22.4. The Balaban J connectivity index is 1.46. The lowest BCUT2D eigenvalue weighted by molar-refractivity contribution is -0.384. The van der Waals surface area contributed by atoms with Gasteiger partial charge in [-0.1, -0.05) is 42.5 Å². The van der Waals surface area contributed by atoms with Crippen molar-refractivity contribution < 1.29 is 15.1 Å². The van der Waals surface area contributed by atoms with Gasteiger partial charge in [0.25, 0.3) is 5.69 Å². The van der Waals surface area contributed by atoms with Gasteiger partial charge in [-0.05, 0) is 47.9 Å². The minimum Gasteiger partial charge on any atom is -0.508 e. The molecule has 4 aromatic rings. The number of hydrogen-bond acceptors (Lipinski definition) is 5. The van der Waals surface area contributed by atoms with Crippen LogP contribution in [0.4, 0.5) is 5.69 Å². The van der Waals surface area contributed by atoms with Gasteiger partial charge in [0.15, 0.2) is 0 Å². The molecule has 6 rings (SSSR count). The minimum atomic E-state index is -1.11. The van der Waals surface area contributed by atoms with Gasteiger partial charge >= 0.3 is 0 Å². The molecular formula is C28H27N3O4. The van der Waals surface area contributed by atoms with Crippen LogP contribution in [-0.2, 0) is 24.8 Å². The van der Waals surface area contributed by atoms with E-state index in [9.17, 15) is 20.3 Å². The maximum absolute atomic E-state index is 12.5. The summed E-state index contributed by atoms with van der Waals surface area (Å²) in [6.07, 6.45) is 1.68. The highest BCUT2D eigenvalue weighted by molar-refractivity contribution is 5.87. The second kappa shape index (κ2) is 7.93. The molecule has 35 heavy (non-hydrogen) atoms. The number of phenolic OH excluding ortho intramolecular Hbond substituents is 1. The lowest BCUT2D eigenvalue weighted by atomic mass is 9.56. The van der Waals surface area contributed by atoms with E-state index in [2.05, 4.69) is 22.0 Å². The first-order valence-electron chi connectivity index (χ1n) is 11.9. The van der Waals surface area contributed by atoms with Crippen LogP contribution in [0.2, 0.25) is 0 Å². The third-order valence-electron chi connectivity index (χ3n) is 8.02. The Morgan fingerprint density at radius 3 is 2.63 bits per heavy atom. The number of non-ortho nitro benzene ring substituents is 1. The van der Waals surface area contributed by atoms with E-state index >= 15 is 0 Å². The molecule has 0 saturated carbocycles. The topological polar surface area (TPSA) is 103 Å². The van der Waals surface area contributed by atoms with Crippen molar-refractivity contribution in [2.24, 2.45) is 0 Å². The van der Waals surface area contributed by atoms with Crippen molar-refractivity contribution in [2.75, 3.05) is 13.1 Å². The molecule has 3 aromatic carbocycles. The number of nitrogens with one attached hydrogen (secondary N) is 1. The van der Waals surface area contributed by atoms with Gasteiger partial charge in [-0.2, -0.15) is 0 Å². The number of nitro benzene ring substituents is 1. The number of aromatic amines is 1. The van der Waals surface area contributed by atoms with Gasteiger partial charge in [0.05, 0.1) is 10.5 Å². The molecular weight excluding hydrogens is 442 g/mol. The van der Waals surface area contributed by atoms with Crippen LogP contribution in [-0.4, -0.2) is 43.7 Å². The minimum absolute atomic E-state index is 0.0467. The molecule has 3 N–H and O–H groups in total. The van der Waals surface area contributed by atoms with E-state index in [0.29, 0.717) is 19.4 Å². The Labute approximate surface area is 202 Å². The zero-order valence-corrected chi connectivity index (χ0v) is 19.3. The summed E-state index contributed by atoms with van der Waals surface area (Å²) < 4.78 is 0. The Kier molecular flexibility index (Phi) is 4.95. The summed E-state index contributed by atoms with van der Waals surface area (Å²) in [5.41, 5.74) is 3.27. The summed E-state index contributed by atoms with van der Waals surface area (Å²) in [4.78, 5) is 16.8. The van der Waals surface area contributed by atoms with Crippen LogP contribution < -0.4 is 0 Å². The van der Waals surface area contributed by atoms with Gasteiger partial charge in [-0.15, -0.1) is 0 Å². The Hall–Kier alpha value is -3.68. The number of β-amino-alcohol motifs (C(OH)–C–C–N with tert-alkyl or cyclic N) is 1. The fourth-order valence-corrected chi connectivity index (χ4v) is 6.31. The maximum Gasteiger partial charge on any atom is 0.270 e. The van der Waals surface area contributed by atoms with Gasteiger partial charge in [-0.25, -0.2) is 0 Å². The predicted molar refractivity (Wildman–Crippen MR) is 133 cm³/mol.